The lowest BCUT2D eigenvalue weighted by Crippen LogP contribution is -2.31. The molecule has 0 saturated heterocycles. The standard InChI is InChI=1S/C17H25NO3/c1-11(2)7-14(9-16(19)20)10-18-17(21)15-6-5-12(3)8-13(15)4/h5-6,8,11,14H,7,9-10H2,1-4H3,(H,18,21)(H,19,20). The fourth-order valence-electron chi connectivity index (χ4n) is 2.55. The van der Waals surface area contributed by atoms with Gasteiger partial charge in [0.15, 0.2) is 0 Å². The Morgan fingerprint density at radius 1 is 1.24 bits per heavy atom. The Morgan fingerprint density at radius 3 is 2.43 bits per heavy atom. The highest BCUT2D eigenvalue weighted by atomic mass is 16.4. The lowest BCUT2D eigenvalue weighted by atomic mass is 9.94. The van der Waals surface area contributed by atoms with E-state index in [9.17, 15) is 9.59 Å². The van der Waals surface area contributed by atoms with Gasteiger partial charge < -0.3 is 10.4 Å². The highest BCUT2D eigenvalue weighted by molar-refractivity contribution is 5.95. The van der Waals surface area contributed by atoms with Crippen molar-refractivity contribution >= 4 is 11.9 Å². The van der Waals surface area contributed by atoms with Crippen molar-refractivity contribution in [2.24, 2.45) is 11.8 Å². The largest absolute Gasteiger partial charge is 0.481 e. The molecule has 0 aromatic heterocycles. The van der Waals surface area contributed by atoms with Crippen molar-refractivity contribution in [1.29, 1.82) is 0 Å². The molecule has 1 aromatic carbocycles. The van der Waals surface area contributed by atoms with E-state index in [0.29, 0.717) is 18.0 Å². The number of aryl methyl sites for hydroxylation is 2. The molecular formula is C17H25NO3. The van der Waals surface area contributed by atoms with Crippen LogP contribution >= 0.6 is 0 Å². The normalized spacial score (nSPS) is 12.2. The number of benzene rings is 1. The molecule has 1 amide bonds. The molecule has 0 aliphatic rings. The molecule has 0 aliphatic carbocycles. The average Bonchev–Trinajstić information content (AvgIpc) is 2.34. The lowest BCUT2D eigenvalue weighted by Gasteiger charge is -2.18. The van der Waals surface area contributed by atoms with Crippen LogP contribution in [0.1, 0.15) is 48.2 Å². The maximum Gasteiger partial charge on any atom is 0.303 e. The van der Waals surface area contributed by atoms with E-state index in [1.165, 1.54) is 0 Å². The predicted octanol–water partition coefficient (Wildman–Crippen LogP) is 3.17. The molecule has 1 unspecified atom stereocenters. The molecule has 2 N–H and O–H groups in total. The molecule has 0 fully saturated rings. The van der Waals surface area contributed by atoms with Crippen LogP contribution < -0.4 is 5.32 Å². The number of carboxylic acid groups (broad SMARTS) is 1. The van der Waals surface area contributed by atoms with Crippen LogP contribution in [0, 0.1) is 25.7 Å². The van der Waals surface area contributed by atoms with Gasteiger partial charge in [-0.2, -0.15) is 0 Å². The summed E-state index contributed by atoms with van der Waals surface area (Å²) < 4.78 is 0. The first-order valence-corrected chi connectivity index (χ1v) is 7.36. The van der Waals surface area contributed by atoms with Crippen LogP contribution in [-0.2, 0) is 4.79 Å². The van der Waals surface area contributed by atoms with Crippen LogP contribution in [0.4, 0.5) is 0 Å². The topological polar surface area (TPSA) is 66.4 Å². The third-order valence-electron chi connectivity index (χ3n) is 3.45. The van der Waals surface area contributed by atoms with Gasteiger partial charge in [0.25, 0.3) is 5.91 Å². The van der Waals surface area contributed by atoms with E-state index in [4.69, 9.17) is 5.11 Å². The summed E-state index contributed by atoms with van der Waals surface area (Å²) in [5.41, 5.74) is 2.71. The van der Waals surface area contributed by atoms with Crippen LogP contribution in [0.15, 0.2) is 18.2 Å². The van der Waals surface area contributed by atoms with Crippen LogP contribution in [-0.4, -0.2) is 23.5 Å². The number of amides is 1. The Kier molecular flexibility index (Phi) is 6.40. The van der Waals surface area contributed by atoms with Gasteiger partial charge in [-0.3, -0.25) is 9.59 Å². The zero-order valence-corrected chi connectivity index (χ0v) is 13.3. The molecule has 1 rings (SSSR count). The van der Waals surface area contributed by atoms with Crippen LogP contribution in [0.5, 0.6) is 0 Å². The number of hydrogen-bond donors (Lipinski definition) is 2. The molecule has 1 atom stereocenters. The SMILES string of the molecule is Cc1ccc(C(=O)NCC(CC(=O)O)CC(C)C)c(C)c1. The molecular weight excluding hydrogens is 266 g/mol. The summed E-state index contributed by atoms with van der Waals surface area (Å²) in [7, 11) is 0. The maximum atomic E-state index is 12.2. The second kappa shape index (κ2) is 7.81. The Morgan fingerprint density at radius 2 is 1.90 bits per heavy atom. The lowest BCUT2D eigenvalue weighted by molar-refractivity contribution is -0.138. The van der Waals surface area contributed by atoms with E-state index in [1.54, 1.807) is 0 Å². The average molecular weight is 291 g/mol. The van der Waals surface area contributed by atoms with E-state index < -0.39 is 5.97 Å². The number of carbonyl (C=O) groups excluding carboxylic acids is 1. The number of nitrogens with one attached hydrogen (secondary N) is 1. The van der Waals surface area contributed by atoms with Crippen LogP contribution in [0.2, 0.25) is 0 Å². The summed E-state index contributed by atoms with van der Waals surface area (Å²) in [6.45, 7) is 8.41. The summed E-state index contributed by atoms with van der Waals surface area (Å²) in [4.78, 5) is 23.1. The first kappa shape index (κ1) is 17.2. The summed E-state index contributed by atoms with van der Waals surface area (Å²) in [5.74, 6) is -0.572. The van der Waals surface area contributed by atoms with Gasteiger partial charge in [0.1, 0.15) is 0 Å². The van der Waals surface area contributed by atoms with Crippen molar-refractivity contribution in [3.8, 4) is 0 Å². The molecule has 116 valence electrons. The van der Waals surface area contributed by atoms with Gasteiger partial charge in [-0.25, -0.2) is 0 Å². The Bertz CT molecular complexity index is 509. The van der Waals surface area contributed by atoms with Crippen LogP contribution in [0.25, 0.3) is 0 Å². The van der Waals surface area contributed by atoms with E-state index >= 15 is 0 Å². The second-order valence-corrected chi connectivity index (χ2v) is 6.12. The molecule has 1 aromatic rings. The van der Waals surface area contributed by atoms with E-state index in [0.717, 1.165) is 17.5 Å². The minimum Gasteiger partial charge on any atom is -0.481 e. The van der Waals surface area contributed by atoms with Gasteiger partial charge >= 0.3 is 5.97 Å². The fraction of sp³-hybridized carbons (Fsp3) is 0.529. The molecule has 4 heteroatoms. The zero-order valence-electron chi connectivity index (χ0n) is 13.3. The third-order valence-corrected chi connectivity index (χ3v) is 3.45. The van der Waals surface area contributed by atoms with Gasteiger partial charge in [-0.05, 0) is 43.7 Å². The van der Waals surface area contributed by atoms with Gasteiger partial charge in [-0.15, -0.1) is 0 Å². The third kappa shape index (κ3) is 5.98. The first-order chi connectivity index (χ1) is 9.79. The maximum absolute atomic E-state index is 12.2. The number of hydrogen-bond acceptors (Lipinski definition) is 2. The van der Waals surface area contributed by atoms with Crippen molar-refractivity contribution in [2.45, 2.75) is 40.5 Å². The second-order valence-electron chi connectivity index (χ2n) is 6.12. The molecule has 0 bridgehead atoms. The Labute approximate surface area is 126 Å². The predicted molar refractivity (Wildman–Crippen MR) is 83.4 cm³/mol. The summed E-state index contributed by atoms with van der Waals surface area (Å²) in [5, 5.41) is 11.8. The van der Waals surface area contributed by atoms with Crippen LogP contribution in [0.3, 0.4) is 0 Å². The van der Waals surface area contributed by atoms with Gasteiger partial charge in [-0.1, -0.05) is 31.5 Å². The Hall–Kier alpha value is -1.84. The van der Waals surface area contributed by atoms with E-state index in [-0.39, 0.29) is 18.2 Å². The molecule has 21 heavy (non-hydrogen) atoms. The van der Waals surface area contributed by atoms with Gasteiger partial charge in [0.05, 0.1) is 0 Å². The molecule has 0 aliphatic heterocycles. The van der Waals surface area contributed by atoms with Crippen molar-refractivity contribution in [3.63, 3.8) is 0 Å². The molecule has 4 nitrogen and oxygen atoms in total. The van der Waals surface area contributed by atoms with Gasteiger partial charge in [0, 0.05) is 18.5 Å². The van der Waals surface area contributed by atoms with Crippen molar-refractivity contribution in [1.82, 2.24) is 5.32 Å². The van der Waals surface area contributed by atoms with E-state index in [1.807, 2.05) is 32.0 Å². The molecule has 0 saturated carbocycles. The number of aliphatic carboxylic acids is 1. The Balaban J connectivity index is 2.65. The number of carboxylic acids is 1. The highest BCUT2D eigenvalue weighted by Gasteiger charge is 2.17. The van der Waals surface area contributed by atoms with Gasteiger partial charge in [0.2, 0.25) is 0 Å². The summed E-state index contributed by atoms with van der Waals surface area (Å²) in [6, 6.07) is 5.69. The van der Waals surface area contributed by atoms with Crippen molar-refractivity contribution < 1.29 is 14.7 Å². The smallest absolute Gasteiger partial charge is 0.303 e. The van der Waals surface area contributed by atoms with E-state index in [2.05, 4.69) is 19.2 Å². The summed E-state index contributed by atoms with van der Waals surface area (Å²) >= 11 is 0. The van der Waals surface area contributed by atoms with Crippen molar-refractivity contribution in [3.05, 3.63) is 34.9 Å². The minimum atomic E-state index is -0.818. The quantitative estimate of drug-likeness (QED) is 0.811. The fourth-order valence-corrected chi connectivity index (χ4v) is 2.55. The summed E-state index contributed by atoms with van der Waals surface area (Å²) in [6.07, 6.45) is 0.880. The highest BCUT2D eigenvalue weighted by Crippen LogP contribution is 2.16. The molecule has 0 heterocycles. The molecule has 0 radical (unpaired) electrons. The number of carbonyl (C=O) groups is 2. The monoisotopic (exact) mass is 291 g/mol. The first-order valence-electron chi connectivity index (χ1n) is 7.36. The number of rotatable bonds is 7. The molecule has 0 spiro atoms. The minimum absolute atomic E-state index is 0.0304. The zero-order chi connectivity index (χ0) is 16.0. The van der Waals surface area contributed by atoms with Crippen molar-refractivity contribution in [2.75, 3.05) is 6.54 Å².